The van der Waals surface area contributed by atoms with Crippen molar-refractivity contribution in [2.24, 2.45) is 0 Å². The van der Waals surface area contributed by atoms with E-state index >= 15 is 0 Å². The van der Waals surface area contributed by atoms with Crippen LogP contribution in [0.4, 0.5) is 15.8 Å². The number of hydrogen-bond donors (Lipinski definition) is 0. The molecule has 2 aromatic rings. The molecule has 1 heterocycles. The summed E-state index contributed by atoms with van der Waals surface area (Å²) in [5.41, 5.74) is 2.37. The summed E-state index contributed by atoms with van der Waals surface area (Å²) in [6, 6.07) is 14.4. The second-order valence-corrected chi connectivity index (χ2v) is 6.17. The number of amides is 1. The van der Waals surface area contributed by atoms with Crippen LogP contribution in [0, 0.1) is 5.82 Å². The van der Waals surface area contributed by atoms with Crippen LogP contribution >= 0.6 is 0 Å². The standard InChI is InChI=1S/C19H22FN3O/c1-21(2)16-9-7-15(8-10-16)19(24)23-13-11-22(12-14-23)18-6-4-3-5-17(18)20/h3-10H,11-14H2,1-2H3. The molecule has 0 saturated carbocycles. The van der Waals surface area contributed by atoms with Crippen molar-refractivity contribution >= 4 is 17.3 Å². The van der Waals surface area contributed by atoms with Gasteiger partial charge in [0.2, 0.25) is 0 Å². The number of benzene rings is 2. The molecule has 4 nitrogen and oxygen atoms in total. The Hall–Kier alpha value is -2.56. The zero-order chi connectivity index (χ0) is 17.1. The highest BCUT2D eigenvalue weighted by Crippen LogP contribution is 2.21. The van der Waals surface area contributed by atoms with Gasteiger partial charge < -0.3 is 14.7 Å². The maximum atomic E-state index is 13.9. The van der Waals surface area contributed by atoms with Crippen LogP contribution in [0.5, 0.6) is 0 Å². The van der Waals surface area contributed by atoms with Crippen LogP contribution in [0.25, 0.3) is 0 Å². The van der Waals surface area contributed by atoms with E-state index in [1.54, 1.807) is 12.1 Å². The fraction of sp³-hybridized carbons (Fsp3) is 0.316. The van der Waals surface area contributed by atoms with Crippen molar-refractivity contribution in [2.45, 2.75) is 0 Å². The lowest BCUT2D eigenvalue weighted by atomic mass is 10.1. The molecule has 1 amide bonds. The molecule has 24 heavy (non-hydrogen) atoms. The Morgan fingerprint density at radius 2 is 1.58 bits per heavy atom. The number of nitrogens with zero attached hydrogens (tertiary/aromatic N) is 3. The first-order valence-corrected chi connectivity index (χ1v) is 8.12. The van der Waals surface area contributed by atoms with Crippen molar-refractivity contribution < 1.29 is 9.18 Å². The molecule has 0 aromatic heterocycles. The number of rotatable bonds is 3. The normalized spacial score (nSPS) is 14.6. The molecule has 2 aromatic carbocycles. The maximum Gasteiger partial charge on any atom is 0.253 e. The van der Waals surface area contributed by atoms with Gasteiger partial charge in [-0.2, -0.15) is 0 Å². The van der Waals surface area contributed by atoms with Crippen LogP contribution < -0.4 is 9.80 Å². The summed E-state index contributed by atoms with van der Waals surface area (Å²) in [6.45, 7) is 2.48. The first kappa shape index (κ1) is 16.3. The van der Waals surface area contributed by atoms with Crippen molar-refractivity contribution in [1.82, 2.24) is 4.90 Å². The van der Waals surface area contributed by atoms with Crippen molar-refractivity contribution in [1.29, 1.82) is 0 Å². The quantitative estimate of drug-likeness (QED) is 0.867. The van der Waals surface area contributed by atoms with Gasteiger partial charge in [-0.15, -0.1) is 0 Å². The summed E-state index contributed by atoms with van der Waals surface area (Å²) in [7, 11) is 3.94. The number of halogens is 1. The molecule has 1 aliphatic rings. The summed E-state index contributed by atoms with van der Waals surface area (Å²) < 4.78 is 13.9. The van der Waals surface area contributed by atoms with Gasteiger partial charge in [0.25, 0.3) is 5.91 Å². The molecule has 1 fully saturated rings. The third-order valence-electron chi connectivity index (χ3n) is 4.39. The van der Waals surface area contributed by atoms with Crippen LogP contribution in [0.2, 0.25) is 0 Å². The second-order valence-electron chi connectivity index (χ2n) is 6.17. The molecule has 0 bridgehead atoms. The van der Waals surface area contributed by atoms with E-state index in [1.165, 1.54) is 6.07 Å². The number of piperazine rings is 1. The summed E-state index contributed by atoms with van der Waals surface area (Å²) in [4.78, 5) is 18.4. The van der Waals surface area contributed by atoms with Crippen molar-refractivity contribution in [3.63, 3.8) is 0 Å². The zero-order valence-electron chi connectivity index (χ0n) is 14.1. The van der Waals surface area contributed by atoms with Gasteiger partial charge in [0.1, 0.15) is 5.82 Å². The molecule has 0 aliphatic carbocycles. The molecule has 1 saturated heterocycles. The van der Waals surface area contributed by atoms with Gasteiger partial charge in [-0.05, 0) is 36.4 Å². The molecule has 126 valence electrons. The van der Waals surface area contributed by atoms with Crippen LogP contribution in [0.1, 0.15) is 10.4 Å². The molecule has 0 radical (unpaired) electrons. The smallest absolute Gasteiger partial charge is 0.253 e. The van der Waals surface area contributed by atoms with E-state index in [9.17, 15) is 9.18 Å². The molecule has 0 N–H and O–H groups in total. The predicted molar refractivity (Wildman–Crippen MR) is 95.3 cm³/mol. The zero-order valence-corrected chi connectivity index (χ0v) is 14.1. The number of hydrogen-bond acceptors (Lipinski definition) is 3. The average molecular weight is 327 g/mol. The van der Waals surface area contributed by atoms with Crippen molar-refractivity contribution in [3.05, 3.63) is 59.9 Å². The van der Waals surface area contributed by atoms with Crippen molar-refractivity contribution in [3.8, 4) is 0 Å². The Kier molecular flexibility index (Phi) is 4.69. The second kappa shape index (κ2) is 6.91. The Morgan fingerprint density at radius 1 is 0.958 bits per heavy atom. The molecule has 0 unspecified atom stereocenters. The van der Waals surface area contributed by atoms with E-state index in [0.717, 1.165) is 5.69 Å². The minimum absolute atomic E-state index is 0.0356. The average Bonchev–Trinajstić information content (AvgIpc) is 2.62. The first-order valence-electron chi connectivity index (χ1n) is 8.12. The summed E-state index contributed by atoms with van der Waals surface area (Å²) >= 11 is 0. The van der Waals surface area contributed by atoms with Crippen LogP contribution in [-0.4, -0.2) is 51.1 Å². The van der Waals surface area contributed by atoms with E-state index in [1.807, 2.05) is 59.1 Å². The number of carbonyl (C=O) groups is 1. The molecule has 0 spiro atoms. The van der Waals surface area contributed by atoms with Gasteiger partial charge in [-0.25, -0.2) is 4.39 Å². The van der Waals surface area contributed by atoms with Gasteiger partial charge in [-0.1, -0.05) is 12.1 Å². The minimum atomic E-state index is -0.212. The molecule has 1 aliphatic heterocycles. The molecule has 0 atom stereocenters. The summed E-state index contributed by atoms with van der Waals surface area (Å²) in [5, 5.41) is 0. The Bertz CT molecular complexity index is 707. The summed E-state index contributed by atoms with van der Waals surface area (Å²) in [6.07, 6.45) is 0. The van der Waals surface area contributed by atoms with Crippen molar-refractivity contribution in [2.75, 3.05) is 50.1 Å². The molecule has 3 rings (SSSR count). The van der Waals surface area contributed by atoms with Crippen LogP contribution in [0.15, 0.2) is 48.5 Å². The minimum Gasteiger partial charge on any atom is -0.378 e. The highest BCUT2D eigenvalue weighted by molar-refractivity contribution is 5.94. The molecular formula is C19H22FN3O. The van der Waals surface area contributed by atoms with Gasteiger partial charge in [-0.3, -0.25) is 4.79 Å². The number of anilines is 2. The lowest BCUT2D eigenvalue weighted by Crippen LogP contribution is -2.49. The third kappa shape index (κ3) is 3.35. The van der Waals surface area contributed by atoms with Gasteiger partial charge in [0, 0.05) is 51.5 Å². The topological polar surface area (TPSA) is 26.8 Å². The number of carbonyl (C=O) groups excluding carboxylic acids is 1. The highest BCUT2D eigenvalue weighted by atomic mass is 19.1. The van der Waals surface area contributed by atoms with Gasteiger partial charge in [0.15, 0.2) is 0 Å². The predicted octanol–water partition coefficient (Wildman–Crippen LogP) is 2.85. The van der Waals surface area contributed by atoms with E-state index in [0.29, 0.717) is 37.4 Å². The SMILES string of the molecule is CN(C)c1ccc(C(=O)N2CCN(c3ccccc3F)CC2)cc1. The molecular weight excluding hydrogens is 305 g/mol. The molecule has 5 heteroatoms. The van der Waals surface area contributed by atoms with E-state index in [-0.39, 0.29) is 11.7 Å². The lowest BCUT2D eigenvalue weighted by Gasteiger charge is -2.36. The summed E-state index contributed by atoms with van der Waals surface area (Å²) in [5.74, 6) is -0.176. The Morgan fingerprint density at radius 3 is 2.17 bits per heavy atom. The Labute approximate surface area is 142 Å². The lowest BCUT2D eigenvalue weighted by molar-refractivity contribution is 0.0746. The van der Waals surface area contributed by atoms with Gasteiger partial charge >= 0.3 is 0 Å². The largest absolute Gasteiger partial charge is 0.378 e. The van der Waals surface area contributed by atoms with E-state index in [2.05, 4.69) is 0 Å². The maximum absolute atomic E-state index is 13.9. The number of para-hydroxylation sites is 1. The van der Waals surface area contributed by atoms with Crippen LogP contribution in [0.3, 0.4) is 0 Å². The first-order chi connectivity index (χ1) is 11.6. The highest BCUT2D eigenvalue weighted by Gasteiger charge is 2.23. The third-order valence-corrected chi connectivity index (χ3v) is 4.39. The van der Waals surface area contributed by atoms with Crippen LogP contribution in [-0.2, 0) is 0 Å². The fourth-order valence-corrected chi connectivity index (χ4v) is 2.94. The van der Waals surface area contributed by atoms with E-state index in [4.69, 9.17) is 0 Å². The van der Waals surface area contributed by atoms with Gasteiger partial charge in [0.05, 0.1) is 5.69 Å². The fourth-order valence-electron chi connectivity index (χ4n) is 2.94. The van der Waals surface area contributed by atoms with E-state index < -0.39 is 0 Å². The Balaban J connectivity index is 1.64. The monoisotopic (exact) mass is 327 g/mol.